The van der Waals surface area contributed by atoms with Crippen LogP contribution in [0.3, 0.4) is 0 Å². The van der Waals surface area contributed by atoms with Gasteiger partial charge in [-0.3, -0.25) is 4.79 Å². The number of pyridine rings is 1. The van der Waals surface area contributed by atoms with Crippen molar-refractivity contribution in [3.8, 4) is 0 Å². The van der Waals surface area contributed by atoms with Gasteiger partial charge in [-0.2, -0.15) is 0 Å². The van der Waals surface area contributed by atoms with Crippen molar-refractivity contribution in [1.29, 1.82) is 0 Å². The van der Waals surface area contributed by atoms with Crippen LogP contribution in [0.25, 0.3) is 10.1 Å². The fraction of sp³-hybridized carbons (Fsp3) is 0.333. The highest BCUT2D eigenvalue weighted by atomic mass is 32.1. The third-order valence-corrected chi connectivity index (χ3v) is 6.12. The number of benzene rings is 1. The third kappa shape index (κ3) is 3.85. The summed E-state index contributed by atoms with van der Waals surface area (Å²) in [6.07, 6.45) is 3.49. The first-order valence-electron chi connectivity index (χ1n) is 9.33. The number of fused-ring (bicyclic) bond motifs is 1. The van der Waals surface area contributed by atoms with Gasteiger partial charge in [-0.25, -0.2) is 13.8 Å². The molecule has 2 aromatic heterocycles. The fourth-order valence-electron chi connectivity index (χ4n) is 3.70. The molecule has 1 amide bonds. The Bertz CT molecular complexity index is 1020. The lowest BCUT2D eigenvalue weighted by molar-refractivity contribution is -0.125. The van der Waals surface area contributed by atoms with E-state index in [4.69, 9.17) is 0 Å². The van der Waals surface area contributed by atoms with Gasteiger partial charge in [0, 0.05) is 52.4 Å². The van der Waals surface area contributed by atoms with Crippen LogP contribution in [-0.2, 0) is 11.3 Å². The molecule has 146 valence electrons. The van der Waals surface area contributed by atoms with Gasteiger partial charge in [0.2, 0.25) is 5.91 Å². The molecule has 1 saturated heterocycles. The number of thiophene rings is 1. The van der Waals surface area contributed by atoms with Crippen LogP contribution in [0.15, 0.2) is 36.5 Å². The van der Waals surface area contributed by atoms with Gasteiger partial charge in [0.05, 0.1) is 5.92 Å². The maximum atomic E-state index is 13.8. The molecule has 4 nitrogen and oxygen atoms in total. The molecular formula is C21H21F2N3OS. The maximum Gasteiger partial charge on any atom is 0.225 e. The highest BCUT2D eigenvalue weighted by Gasteiger charge is 2.27. The van der Waals surface area contributed by atoms with Gasteiger partial charge < -0.3 is 10.2 Å². The summed E-state index contributed by atoms with van der Waals surface area (Å²) in [7, 11) is 0. The lowest BCUT2D eigenvalue weighted by Crippen LogP contribution is -2.43. The van der Waals surface area contributed by atoms with Crippen molar-refractivity contribution >= 4 is 33.1 Å². The first-order valence-corrected chi connectivity index (χ1v) is 10.1. The first-order chi connectivity index (χ1) is 13.5. The van der Waals surface area contributed by atoms with Gasteiger partial charge in [0.15, 0.2) is 0 Å². The van der Waals surface area contributed by atoms with Crippen molar-refractivity contribution < 1.29 is 13.6 Å². The number of rotatable bonds is 4. The Morgan fingerprint density at radius 3 is 3.00 bits per heavy atom. The summed E-state index contributed by atoms with van der Waals surface area (Å²) >= 11 is 1.74. The minimum absolute atomic E-state index is 0.0546. The molecule has 0 unspecified atom stereocenters. The van der Waals surface area contributed by atoms with Gasteiger partial charge in [0.25, 0.3) is 0 Å². The van der Waals surface area contributed by atoms with Crippen LogP contribution in [-0.4, -0.2) is 24.0 Å². The van der Waals surface area contributed by atoms with Gasteiger partial charge in [-0.1, -0.05) is 6.07 Å². The molecule has 7 heteroatoms. The van der Waals surface area contributed by atoms with E-state index in [9.17, 15) is 13.6 Å². The van der Waals surface area contributed by atoms with E-state index < -0.39 is 11.6 Å². The lowest BCUT2D eigenvalue weighted by atomic mass is 9.96. The smallest absolute Gasteiger partial charge is 0.225 e. The topological polar surface area (TPSA) is 45.2 Å². The average molecular weight is 401 g/mol. The Morgan fingerprint density at radius 1 is 1.32 bits per heavy atom. The van der Waals surface area contributed by atoms with Crippen molar-refractivity contribution in [1.82, 2.24) is 10.3 Å². The molecule has 1 N–H and O–H groups in total. The zero-order valence-corrected chi connectivity index (χ0v) is 16.4. The van der Waals surface area contributed by atoms with Crippen molar-refractivity contribution in [2.75, 3.05) is 18.0 Å². The van der Waals surface area contributed by atoms with Crippen LogP contribution >= 0.6 is 11.3 Å². The van der Waals surface area contributed by atoms with Crippen LogP contribution < -0.4 is 10.2 Å². The molecule has 0 aliphatic carbocycles. The van der Waals surface area contributed by atoms with Crippen LogP contribution in [0.4, 0.5) is 14.6 Å². The van der Waals surface area contributed by atoms with Gasteiger partial charge in [0.1, 0.15) is 17.5 Å². The summed E-state index contributed by atoms with van der Waals surface area (Å²) in [6.45, 7) is 3.57. The van der Waals surface area contributed by atoms with Gasteiger partial charge >= 0.3 is 0 Å². The van der Waals surface area contributed by atoms with Crippen molar-refractivity contribution in [2.24, 2.45) is 5.92 Å². The number of nitrogens with zero attached hydrogens (tertiary/aromatic N) is 2. The quantitative estimate of drug-likeness (QED) is 0.704. The zero-order valence-electron chi connectivity index (χ0n) is 15.5. The van der Waals surface area contributed by atoms with E-state index in [1.807, 2.05) is 12.3 Å². The fourth-order valence-corrected chi connectivity index (χ4v) is 4.62. The molecule has 1 aromatic carbocycles. The highest BCUT2D eigenvalue weighted by molar-refractivity contribution is 7.19. The minimum atomic E-state index is -0.644. The first kappa shape index (κ1) is 18.8. The van der Waals surface area contributed by atoms with E-state index in [0.29, 0.717) is 6.54 Å². The summed E-state index contributed by atoms with van der Waals surface area (Å²) in [4.78, 5) is 20.6. The van der Waals surface area contributed by atoms with E-state index >= 15 is 0 Å². The summed E-state index contributed by atoms with van der Waals surface area (Å²) in [5, 5.41) is 3.92. The second-order valence-electron chi connectivity index (χ2n) is 7.14. The van der Waals surface area contributed by atoms with E-state index in [1.165, 1.54) is 21.7 Å². The molecule has 0 saturated carbocycles. The number of anilines is 1. The number of nitrogens with one attached hydrogen (secondary N) is 1. The molecule has 1 aliphatic heterocycles. The largest absolute Gasteiger partial charge is 0.355 e. The van der Waals surface area contributed by atoms with Crippen LogP contribution in [0.2, 0.25) is 0 Å². The number of halogens is 2. The molecule has 1 atom stereocenters. The van der Waals surface area contributed by atoms with Gasteiger partial charge in [-0.15, -0.1) is 11.3 Å². The second-order valence-corrected chi connectivity index (χ2v) is 8.43. The number of aromatic nitrogens is 1. The van der Waals surface area contributed by atoms with Crippen LogP contribution in [0.5, 0.6) is 0 Å². The lowest BCUT2D eigenvalue weighted by Gasteiger charge is -2.33. The molecule has 1 fully saturated rings. The Labute approximate surface area is 166 Å². The Hall–Kier alpha value is -2.54. The molecule has 28 heavy (non-hydrogen) atoms. The summed E-state index contributed by atoms with van der Waals surface area (Å²) < 4.78 is 28.0. The number of carbonyl (C=O) groups is 1. The normalized spacial score (nSPS) is 17.1. The third-order valence-electron chi connectivity index (χ3n) is 5.11. The number of piperidine rings is 1. The standard InChI is InChI=1S/C21H21F2N3OS/c1-13-9-17-19(28-13)6-7-24-20(17)26-8-2-3-15(12-26)21(27)25-11-14-4-5-16(22)10-18(14)23/h4-7,9-10,15H,2-3,8,11-12H2,1H3,(H,25,27)/t15-/m1/s1. The second kappa shape index (κ2) is 7.83. The van der Waals surface area contributed by atoms with Crippen molar-refractivity contribution in [2.45, 2.75) is 26.3 Å². The van der Waals surface area contributed by atoms with E-state index in [0.717, 1.165) is 36.7 Å². The molecule has 3 aromatic rings. The average Bonchev–Trinajstić information content (AvgIpc) is 3.07. The van der Waals surface area contributed by atoms with Gasteiger partial charge in [-0.05, 0) is 38.0 Å². The molecule has 4 rings (SSSR count). The summed E-state index contributed by atoms with van der Waals surface area (Å²) in [5.41, 5.74) is 0.280. The maximum absolute atomic E-state index is 13.8. The number of carbonyl (C=O) groups excluding carboxylic acids is 1. The van der Waals surface area contributed by atoms with Crippen molar-refractivity contribution in [3.63, 3.8) is 0 Å². The molecule has 0 spiro atoms. The number of amides is 1. The van der Waals surface area contributed by atoms with Crippen molar-refractivity contribution in [3.05, 3.63) is 58.6 Å². The molecule has 0 radical (unpaired) electrons. The summed E-state index contributed by atoms with van der Waals surface area (Å²) in [5.74, 6) is -0.643. The van der Waals surface area contributed by atoms with E-state index in [-0.39, 0.29) is 23.9 Å². The predicted molar refractivity (Wildman–Crippen MR) is 107 cm³/mol. The monoisotopic (exact) mass is 401 g/mol. The minimum Gasteiger partial charge on any atom is -0.355 e. The molecular weight excluding hydrogens is 380 g/mol. The Balaban J connectivity index is 1.45. The predicted octanol–water partition coefficient (Wildman–Crippen LogP) is 4.42. The molecule has 1 aliphatic rings. The Morgan fingerprint density at radius 2 is 2.18 bits per heavy atom. The van der Waals surface area contributed by atoms with E-state index in [2.05, 4.69) is 28.2 Å². The molecule has 3 heterocycles. The number of aryl methyl sites for hydroxylation is 1. The highest BCUT2D eigenvalue weighted by Crippen LogP contribution is 2.33. The Kier molecular flexibility index (Phi) is 5.26. The SMILES string of the molecule is Cc1cc2c(N3CCC[C@@H](C(=O)NCc4ccc(F)cc4F)C3)nccc2s1. The summed E-state index contributed by atoms with van der Waals surface area (Å²) in [6, 6.07) is 7.55. The zero-order chi connectivity index (χ0) is 19.7. The van der Waals surface area contributed by atoms with Crippen LogP contribution in [0.1, 0.15) is 23.3 Å². The van der Waals surface area contributed by atoms with Crippen LogP contribution in [0, 0.1) is 24.5 Å². The number of hydrogen-bond donors (Lipinski definition) is 1. The molecule has 0 bridgehead atoms. The van der Waals surface area contributed by atoms with E-state index in [1.54, 1.807) is 11.3 Å². The number of hydrogen-bond acceptors (Lipinski definition) is 4.